The summed E-state index contributed by atoms with van der Waals surface area (Å²) in [5.74, 6) is 0.731. The average Bonchev–Trinajstić information content (AvgIpc) is 2.37. The van der Waals surface area contributed by atoms with Crippen molar-refractivity contribution < 1.29 is 9.47 Å². The van der Waals surface area contributed by atoms with E-state index in [-0.39, 0.29) is 0 Å². The highest BCUT2D eigenvalue weighted by Crippen LogP contribution is 2.16. The van der Waals surface area contributed by atoms with Gasteiger partial charge < -0.3 is 15.2 Å². The van der Waals surface area contributed by atoms with Gasteiger partial charge in [-0.25, -0.2) is 0 Å². The predicted molar refractivity (Wildman–Crippen MR) is 70.9 cm³/mol. The van der Waals surface area contributed by atoms with Gasteiger partial charge in [-0.15, -0.1) is 0 Å². The van der Waals surface area contributed by atoms with Gasteiger partial charge in [0.2, 0.25) is 0 Å². The highest BCUT2D eigenvalue weighted by atomic mass is 16.5. The molecule has 0 fully saturated rings. The molecule has 0 saturated carbocycles. The number of hydrogen-bond acceptors (Lipinski definition) is 4. The molecule has 2 N–H and O–H groups in total. The van der Waals surface area contributed by atoms with E-state index in [9.17, 15) is 0 Å². The van der Waals surface area contributed by atoms with Crippen LogP contribution >= 0.6 is 0 Å². The first-order valence-electron chi connectivity index (χ1n) is 5.75. The molecule has 0 aliphatic rings. The number of allylic oxidation sites excluding steroid dienone is 1. The molecule has 0 radical (unpaired) electrons. The van der Waals surface area contributed by atoms with E-state index in [0.717, 1.165) is 24.2 Å². The van der Waals surface area contributed by atoms with Crippen LogP contribution in [0.4, 0.5) is 5.69 Å². The summed E-state index contributed by atoms with van der Waals surface area (Å²) in [7, 11) is 1.63. The first-order chi connectivity index (χ1) is 8.67. The summed E-state index contributed by atoms with van der Waals surface area (Å²) >= 11 is 0. The third-order valence-corrected chi connectivity index (χ3v) is 2.52. The van der Waals surface area contributed by atoms with Crippen molar-refractivity contribution in [3.05, 3.63) is 41.7 Å². The summed E-state index contributed by atoms with van der Waals surface area (Å²) in [5, 5.41) is 8.77. The monoisotopic (exact) mass is 246 g/mol. The Balaban J connectivity index is 2.42. The van der Waals surface area contributed by atoms with Crippen LogP contribution in [0.1, 0.15) is 17.5 Å². The second-order valence-electron chi connectivity index (χ2n) is 3.91. The van der Waals surface area contributed by atoms with Gasteiger partial charge in [0.1, 0.15) is 12.7 Å². The fourth-order valence-corrected chi connectivity index (χ4v) is 1.49. The molecule has 1 aromatic rings. The van der Waals surface area contributed by atoms with Crippen molar-refractivity contribution in [2.24, 2.45) is 0 Å². The summed E-state index contributed by atoms with van der Waals surface area (Å²) in [6.45, 7) is 4.91. The lowest BCUT2D eigenvalue weighted by atomic mass is 10.1. The standard InChI is InChI=1S/C14H18N2O2/c1-11(18-8-7-17-2)3-4-12-5-6-13(10-15)14(16)9-12/h5-6,9H,1,3-4,7-8,16H2,2H3. The van der Waals surface area contributed by atoms with Crippen LogP contribution in [0.25, 0.3) is 0 Å². The van der Waals surface area contributed by atoms with Gasteiger partial charge in [-0.2, -0.15) is 5.26 Å². The van der Waals surface area contributed by atoms with Gasteiger partial charge in [0.15, 0.2) is 0 Å². The van der Waals surface area contributed by atoms with Crippen molar-refractivity contribution >= 4 is 5.69 Å². The minimum Gasteiger partial charge on any atom is -0.496 e. The number of nitrogens with zero attached hydrogens (tertiary/aromatic N) is 1. The third kappa shape index (κ3) is 4.48. The van der Waals surface area contributed by atoms with E-state index in [2.05, 4.69) is 6.58 Å². The number of anilines is 1. The fourth-order valence-electron chi connectivity index (χ4n) is 1.49. The average molecular weight is 246 g/mol. The molecule has 0 aliphatic heterocycles. The third-order valence-electron chi connectivity index (χ3n) is 2.52. The molecule has 1 aromatic carbocycles. The Morgan fingerprint density at radius 1 is 1.44 bits per heavy atom. The molecule has 0 aromatic heterocycles. The van der Waals surface area contributed by atoms with Crippen LogP contribution in [-0.4, -0.2) is 20.3 Å². The molecule has 0 atom stereocenters. The van der Waals surface area contributed by atoms with E-state index in [1.807, 2.05) is 18.2 Å². The van der Waals surface area contributed by atoms with E-state index in [0.29, 0.717) is 24.5 Å². The normalized spacial score (nSPS) is 9.78. The lowest BCUT2D eigenvalue weighted by Crippen LogP contribution is -2.02. The van der Waals surface area contributed by atoms with Gasteiger partial charge in [0.05, 0.1) is 17.9 Å². The zero-order valence-electron chi connectivity index (χ0n) is 10.6. The van der Waals surface area contributed by atoms with Gasteiger partial charge in [-0.05, 0) is 24.1 Å². The number of rotatable bonds is 7. The molecule has 1 rings (SSSR count). The first-order valence-corrected chi connectivity index (χ1v) is 5.75. The van der Waals surface area contributed by atoms with Crippen LogP contribution < -0.4 is 5.73 Å². The van der Waals surface area contributed by atoms with Crippen molar-refractivity contribution in [1.82, 2.24) is 0 Å². The van der Waals surface area contributed by atoms with Gasteiger partial charge >= 0.3 is 0 Å². The zero-order valence-corrected chi connectivity index (χ0v) is 10.6. The highest BCUT2D eigenvalue weighted by molar-refractivity contribution is 5.55. The van der Waals surface area contributed by atoms with Crippen LogP contribution in [0.3, 0.4) is 0 Å². The molecule has 0 amide bonds. The molecule has 4 heteroatoms. The van der Waals surface area contributed by atoms with Crippen LogP contribution in [0, 0.1) is 11.3 Å². The Labute approximate surface area is 108 Å². The number of nitrogen functional groups attached to an aromatic ring is 1. The van der Waals surface area contributed by atoms with Crippen molar-refractivity contribution in [2.45, 2.75) is 12.8 Å². The van der Waals surface area contributed by atoms with Crippen LogP contribution in [0.15, 0.2) is 30.5 Å². The van der Waals surface area contributed by atoms with Gasteiger partial charge in [-0.3, -0.25) is 0 Å². The Morgan fingerprint density at radius 2 is 2.22 bits per heavy atom. The van der Waals surface area contributed by atoms with Gasteiger partial charge in [0, 0.05) is 19.2 Å². The minimum atomic E-state index is 0.508. The molecule has 0 unspecified atom stereocenters. The molecule has 0 bridgehead atoms. The smallest absolute Gasteiger partial charge is 0.111 e. The van der Waals surface area contributed by atoms with E-state index in [1.165, 1.54) is 0 Å². The molecule has 0 heterocycles. The largest absolute Gasteiger partial charge is 0.496 e. The maximum absolute atomic E-state index is 8.77. The van der Waals surface area contributed by atoms with Gasteiger partial charge in [0.25, 0.3) is 0 Å². The maximum atomic E-state index is 8.77. The molecule has 0 spiro atoms. The van der Waals surface area contributed by atoms with E-state index >= 15 is 0 Å². The second-order valence-corrected chi connectivity index (χ2v) is 3.91. The Morgan fingerprint density at radius 3 is 2.83 bits per heavy atom. The number of nitrogens with two attached hydrogens (primary N) is 1. The van der Waals surface area contributed by atoms with Crippen molar-refractivity contribution in [3.63, 3.8) is 0 Å². The highest BCUT2D eigenvalue weighted by Gasteiger charge is 2.02. The lowest BCUT2D eigenvalue weighted by molar-refractivity contribution is 0.107. The molecule has 4 nitrogen and oxygen atoms in total. The van der Waals surface area contributed by atoms with Gasteiger partial charge in [-0.1, -0.05) is 12.6 Å². The number of benzene rings is 1. The first kappa shape index (κ1) is 14.1. The van der Waals surface area contributed by atoms with Crippen LogP contribution in [0.2, 0.25) is 0 Å². The zero-order chi connectivity index (χ0) is 13.4. The molecular formula is C14H18N2O2. The topological polar surface area (TPSA) is 68.3 Å². The summed E-state index contributed by atoms with van der Waals surface area (Å²) in [4.78, 5) is 0. The molecule has 18 heavy (non-hydrogen) atoms. The second kappa shape index (κ2) is 7.36. The molecule has 96 valence electrons. The Bertz CT molecular complexity index is 450. The van der Waals surface area contributed by atoms with E-state index in [4.69, 9.17) is 20.5 Å². The van der Waals surface area contributed by atoms with E-state index < -0.39 is 0 Å². The van der Waals surface area contributed by atoms with E-state index in [1.54, 1.807) is 13.2 Å². The number of aryl methyl sites for hydroxylation is 1. The SMILES string of the molecule is C=C(CCc1ccc(C#N)c(N)c1)OCCOC. The Hall–Kier alpha value is -1.99. The number of hydrogen-bond donors (Lipinski definition) is 1. The quantitative estimate of drug-likeness (QED) is 0.455. The molecule has 0 aliphatic carbocycles. The predicted octanol–water partition coefficient (Wildman–Crippen LogP) is 2.25. The summed E-state index contributed by atoms with van der Waals surface area (Å²) < 4.78 is 10.3. The number of methoxy groups -OCH3 is 1. The van der Waals surface area contributed by atoms with Crippen molar-refractivity contribution in [1.29, 1.82) is 5.26 Å². The van der Waals surface area contributed by atoms with Crippen molar-refractivity contribution in [3.8, 4) is 6.07 Å². The summed E-state index contributed by atoms with van der Waals surface area (Å²) in [5.41, 5.74) is 7.84. The number of ether oxygens (including phenoxy) is 2. The summed E-state index contributed by atoms with van der Waals surface area (Å²) in [6, 6.07) is 7.50. The summed E-state index contributed by atoms with van der Waals surface area (Å²) in [6.07, 6.45) is 1.52. The molecule has 0 saturated heterocycles. The van der Waals surface area contributed by atoms with Crippen molar-refractivity contribution in [2.75, 3.05) is 26.1 Å². The fraction of sp³-hybridized carbons (Fsp3) is 0.357. The number of nitriles is 1. The lowest BCUT2D eigenvalue weighted by Gasteiger charge is -2.09. The molecular weight excluding hydrogens is 228 g/mol. The van der Waals surface area contributed by atoms with Crippen LogP contribution in [-0.2, 0) is 15.9 Å². The minimum absolute atomic E-state index is 0.508. The van der Waals surface area contributed by atoms with Crippen LogP contribution in [0.5, 0.6) is 0 Å². The Kier molecular flexibility index (Phi) is 5.75. The maximum Gasteiger partial charge on any atom is 0.111 e.